The number of fused-ring (bicyclic) bond motifs is 1. The maximum absolute atomic E-state index is 13.5. The first-order chi connectivity index (χ1) is 14.7. The van der Waals surface area contributed by atoms with E-state index in [1.165, 1.54) is 0 Å². The van der Waals surface area contributed by atoms with E-state index >= 15 is 0 Å². The zero-order valence-electron chi connectivity index (χ0n) is 16.2. The van der Waals surface area contributed by atoms with Gasteiger partial charge in [-0.1, -0.05) is 42.5 Å². The lowest BCUT2D eigenvalue weighted by Crippen LogP contribution is -2.52. The van der Waals surface area contributed by atoms with E-state index in [0.29, 0.717) is 30.9 Å². The molecule has 30 heavy (non-hydrogen) atoms. The number of amides is 2. The zero-order chi connectivity index (χ0) is 20.5. The quantitative estimate of drug-likeness (QED) is 0.732. The summed E-state index contributed by atoms with van der Waals surface area (Å²) in [6, 6.07) is 21.1. The standard InChI is InChI=1S/C24H19N5O/c25-14-17-5-3-8-21(13-17)29-23-19(7-4-12-26-23)15-28(24(29)30)16-20-11-10-18-6-1-2-9-22(18)27-20/h1-11,13,26H,12,15-16H2. The summed E-state index contributed by atoms with van der Waals surface area (Å²) in [5.41, 5.74) is 3.97. The lowest BCUT2D eigenvalue weighted by atomic mass is 10.1. The molecule has 2 aliphatic rings. The van der Waals surface area contributed by atoms with Gasteiger partial charge in [0.25, 0.3) is 0 Å². The van der Waals surface area contributed by atoms with Crippen LogP contribution in [0.2, 0.25) is 0 Å². The number of anilines is 1. The fourth-order valence-electron chi connectivity index (χ4n) is 3.88. The molecule has 146 valence electrons. The Morgan fingerprint density at radius 2 is 2.00 bits per heavy atom. The van der Waals surface area contributed by atoms with Gasteiger partial charge in [0.05, 0.1) is 41.6 Å². The van der Waals surface area contributed by atoms with Gasteiger partial charge in [-0.05, 0) is 30.3 Å². The number of hydrogen-bond donors (Lipinski definition) is 1. The minimum absolute atomic E-state index is 0.137. The van der Waals surface area contributed by atoms with Crippen LogP contribution in [0.25, 0.3) is 10.9 Å². The predicted octanol–water partition coefficient (Wildman–Crippen LogP) is 3.92. The van der Waals surface area contributed by atoms with Crippen LogP contribution in [0.3, 0.4) is 0 Å². The molecule has 0 radical (unpaired) electrons. The van der Waals surface area contributed by atoms with E-state index < -0.39 is 0 Å². The van der Waals surface area contributed by atoms with Crippen molar-refractivity contribution in [2.45, 2.75) is 6.54 Å². The van der Waals surface area contributed by atoms with Crippen LogP contribution >= 0.6 is 0 Å². The molecule has 2 amide bonds. The number of carbonyl (C=O) groups is 1. The molecule has 3 aromatic rings. The van der Waals surface area contributed by atoms with E-state index in [1.807, 2.05) is 48.5 Å². The highest BCUT2D eigenvalue weighted by molar-refractivity contribution is 5.97. The molecule has 2 aliphatic heterocycles. The van der Waals surface area contributed by atoms with Crippen LogP contribution in [0.1, 0.15) is 11.3 Å². The first-order valence-electron chi connectivity index (χ1n) is 9.80. The van der Waals surface area contributed by atoms with Gasteiger partial charge in [-0.3, -0.25) is 4.98 Å². The van der Waals surface area contributed by atoms with E-state index in [2.05, 4.69) is 17.5 Å². The Bertz CT molecular complexity index is 1250. The molecule has 1 aromatic heterocycles. The van der Waals surface area contributed by atoms with Gasteiger partial charge in [0.1, 0.15) is 5.82 Å². The number of carbonyl (C=O) groups excluding carboxylic acids is 1. The predicted molar refractivity (Wildman–Crippen MR) is 115 cm³/mol. The third kappa shape index (κ3) is 3.16. The van der Waals surface area contributed by atoms with Crippen molar-refractivity contribution in [2.75, 3.05) is 18.0 Å². The molecule has 1 N–H and O–H groups in total. The lowest BCUT2D eigenvalue weighted by molar-refractivity contribution is 0.203. The first kappa shape index (κ1) is 18.0. The first-order valence-corrected chi connectivity index (χ1v) is 9.80. The van der Waals surface area contributed by atoms with Gasteiger partial charge in [0.2, 0.25) is 0 Å². The highest BCUT2D eigenvalue weighted by Crippen LogP contribution is 2.29. The number of rotatable bonds is 3. The Balaban J connectivity index is 1.52. The molecular weight excluding hydrogens is 374 g/mol. The average Bonchev–Trinajstić information content (AvgIpc) is 2.79. The Labute approximate surface area is 174 Å². The van der Waals surface area contributed by atoms with E-state index in [9.17, 15) is 10.1 Å². The molecule has 0 fully saturated rings. The summed E-state index contributed by atoms with van der Waals surface area (Å²) in [6.45, 7) is 1.57. The normalized spacial score (nSPS) is 15.8. The van der Waals surface area contributed by atoms with E-state index in [-0.39, 0.29) is 6.03 Å². The summed E-state index contributed by atoms with van der Waals surface area (Å²) < 4.78 is 0. The highest BCUT2D eigenvalue weighted by atomic mass is 16.2. The van der Waals surface area contributed by atoms with Crippen molar-refractivity contribution in [1.29, 1.82) is 5.26 Å². The number of aromatic nitrogens is 1. The number of benzene rings is 2. The van der Waals surface area contributed by atoms with Crippen molar-refractivity contribution >= 4 is 22.6 Å². The molecule has 6 nitrogen and oxygen atoms in total. The second kappa shape index (κ2) is 7.37. The van der Waals surface area contributed by atoms with Crippen molar-refractivity contribution < 1.29 is 4.79 Å². The molecule has 6 heteroatoms. The van der Waals surface area contributed by atoms with E-state index in [0.717, 1.165) is 28.0 Å². The van der Waals surface area contributed by atoms with Gasteiger partial charge in [-0.2, -0.15) is 5.26 Å². The minimum atomic E-state index is -0.137. The van der Waals surface area contributed by atoms with Crippen molar-refractivity contribution in [3.8, 4) is 6.07 Å². The number of nitrogens with one attached hydrogen (secondary N) is 1. The van der Waals surface area contributed by atoms with Crippen LogP contribution in [-0.2, 0) is 6.54 Å². The maximum atomic E-state index is 13.5. The van der Waals surface area contributed by atoms with Crippen LogP contribution in [0, 0.1) is 11.3 Å². The number of dihydropyridines is 1. The molecule has 2 aromatic carbocycles. The molecule has 0 saturated carbocycles. The number of hydrogen-bond acceptors (Lipinski definition) is 4. The molecular formula is C24H19N5O. The summed E-state index contributed by atoms with van der Waals surface area (Å²) in [5.74, 6) is 0.778. The summed E-state index contributed by atoms with van der Waals surface area (Å²) >= 11 is 0. The Morgan fingerprint density at radius 3 is 2.90 bits per heavy atom. The number of pyridine rings is 1. The number of nitrogens with zero attached hydrogens (tertiary/aromatic N) is 4. The Hall–Kier alpha value is -4.11. The molecule has 5 rings (SSSR count). The van der Waals surface area contributed by atoms with Gasteiger partial charge in [-0.25, -0.2) is 9.69 Å². The Kier molecular flexibility index (Phi) is 4.41. The fourth-order valence-corrected chi connectivity index (χ4v) is 3.88. The second-order valence-electron chi connectivity index (χ2n) is 7.29. The highest BCUT2D eigenvalue weighted by Gasteiger charge is 2.34. The molecule has 0 spiro atoms. The van der Waals surface area contributed by atoms with Gasteiger partial charge in [0.15, 0.2) is 0 Å². The largest absolute Gasteiger partial charge is 0.367 e. The van der Waals surface area contributed by atoms with Gasteiger partial charge < -0.3 is 10.2 Å². The number of urea groups is 1. The van der Waals surface area contributed by atoms with Crippen LogP contribution in [0.15, 0.2) is 84.2 Å². The zero-order valence-corrected chi connectivity index (χ0v) is 16.2. The summed E-state index contributed by atoms with van der Waals surface area (Å²) in [6.07, 6.45) is 4.10. The third-order valence-corrected chi connectivity index (χ3v) is 5.30. The molecule has 3 heterocycles. The molecule has 0 aliphatic carbocycles. The third-order valence-electron chi connectivity index (χ3n) is 5.30. The fraction of sp³-hybridized carbons (Fsp3) is 0.125. The van der Waals surface area contributed by atoms with Crippen molar-refractivity contribution in [2.24, 2.45) is 0 Å². The second-order valence-corrected chi connectivity index (χ2v) is 7.29. The summed E-state index contributed by atoms with van der Waals surface area (Å²) in [5, 5.41) is 13.7. The van der Waals surface area contributed by atoms with E-state index in [4.69, 9.17) is 4.98 Å². The maximum Gasteiger partial charge on any atom is 0.330 e. The van der Waals surface area contributed by atoms with Gasteiger partial charge >= 0.3 is 6.03 Å². The Morgan fingerprint density at radius 1 is 1.10 bits per heavy atom. The van der Waals surface area contributed by atoms with Gasteiger partial charge in [-0.15, -0.1) is 0 Å². The number of nitriles is 1. The van der Waals surface area contributed by atoms with Gasteiger partial charge in [0, 0.05) is 17.5 Å². The lowest BCUT2D eigenvalue weighted by Gasteiger charge is -2.39. The SMILES string of the molecule is N#Cc1cccc(N2C(=O)N(Cc3ccc4ccccc4n3)CC3=C2NCC=C3)c1. The van der Waals surface area contributed by atoms with Crippen molar-refractivity contribution in [1.82, 2.24) is 15.2 Å². The monoisotopic (exact) mass is 393 g/mol. The van der Waals surface area contributed by atoms with E-state index in [1.54, 1.807) is 28.0 Å². The van der Waals surface area contributed by atoms with Crippen LogP contribution in [-0.4, -0.2) is 29.0 Å². The average molecular weight is 393 g/mol. The molecule has 0 bridgehead atoms. The van der Waals surface area contributed by atoms with Crippen molar-refractivity contribution in [3.63, 3.8) is 0 Å². The van der Waals surface area contributed by atoms with Crippen LogP contribution < -0.4 is 10.2 Å². The number of para-hydroxylation sites is 1. The summed E-state index contributed by atoms with van der Waals surface area (Å²) in [7, 11) is 0. The smallest absolute Gasteiger partial charge is 0.330 e. The van der Waals surface area contributed by atoms with Crippen LogP contribution in [0.4, 0.5) is 10.5 Å². The molecule has 0 saturated heterocycles. The van der Waals surface area contributed by atoms with Crippen LogP contribution in [0.5, 0.6) is 0 Å². The topological polar surface area (TPSA) is 72.3 Å². The summed E-state index contributed by atoms with van der Waals surface area (Å²) in [4.78, 5) is 21.7. The van der Waals surface area contributed by atoms with Crippen molar-refractivity contribution in [3.05, 3.63) is 95.5 Å². The molecule has 0 atom stereocenters. The minimum Gasteiger partial charge on any atom is -0.367 e. The molecule has 0 unspecified atom stereocenters.